The Labute approximate surface area is 118 Å². The summed E-state index contributed by atoms with van der Waals surface area (Å²) >= 11 is 0. The van der Waals surface area contributed by atoms with Gasteiger partial charge in [0.05, 0.1) is 20.0 Å². The zero-order chi connectivity index (χ0) is 15.1. The fourth-order valence-corrected chi connectivity index (χ4v) is 1.86. The molecule has 110 valence electrons. The maximum absolute atomic E-state index is 12.8. The van der Waals surface area contributed by atoms with Crippen LogP contribution in [0.3, 0.4) is 0 Å². The third-order valence-corrected chi connectivity index (χ3v) is 3.00. The van der Waals surface area contributed by atoms with Crippen LogP contribution in [0, 0.1) is 5.82 Å². The lowest BCUT2D eigenvalue weighted by molar-refractivity contribution is -0.142. The van der Waals surface area contributed by atoms with Crippen LogP contribution in [0.5, 0.6) is 0 Å². The molecule has 0 aliphatic carbocycles. The molecule has 5 heteroatoms. The highest BCUT2D eigenvalue weighted by Gasteiger charge is 2.18. The van der Waals surface area contributed by atoms with Crippen molar-refractivity contribution < 1.29 is 18.7 Å². The second-order valence-electron chi connectivity index (χ2n) is 4.81. The summed E-state index contributed by atoms with van der Waals surface area (Å²) < 4.78 is 17.4. The Morgan fingerprint density at radius 3 is 2.35 bits per heavy atom. The molecule has 0 saturated carbocycles. The first-order chi connectivity index (χ1) is 9.43. The largest absolute Gasteiger partial charge is 0.469 e. The molecule has 0 spiro atoms. The number of hydrogen-bond donors (Lipinski definition) is 0. The second kappa shape index (κ2) is 7.62. The molecule has 0 aromatic heterocycles. The van der Waals surface area contributed by atoms with Gasteiger partial charge in [-0.25, -0.2) is 4.39 Å². The van der Waals surface area contributed by atoms with Crippen LogP contribution in [0.1, 0.15) is 25.8 Å². The summed E-state index contributed by atoms with van der Waals surface area (Å²) in [5.74, 6) is -0.756. The van der Waals surface area contributed by atoms with Crippen LogP contribution in [0.4, 0.5) is 4.39 Å². The summed E-state index contributed by atoms with van der Waals surface area (Å²) in [6.07, 6.45) is 0.365. The van der Waals surface area contributed by atoms with E-state index in [1.54, 1.807) is 17.0 Å². The molecule has 0 unspecified atom stereocenters. The molecular formula is C15H20FNO3. The van der Waals surface area contributed by atoms with Gasteiger partial charge in [0.25, 0.3) is 0 Å². The number of carbonyl (C=O) groups excluding carboxylic acids is 2. The molecule has 1 amide bonds. The van der Waals surface area contributed by atoms with E-state index >= 15 is 0 Å². The molecule has 0 N–H and O–H groups in total. The molecule has 0 aliphatic heterocycles. The second-order valence-corrected chi connectivity index (χ2v) is 4.81. The summed E-state index contributed by atoms with van der Waals surface area (Å²) in [7, 11) is 1.32. The minimum Gasteiger partial charge on any atom is -0.469 e. The molecule has 0 bridgehead atoms. The van der Waals surface area contributed by atoms with E-state index in [0.29, 0.717) is 6.54 Å². The van der Waals surface area contributed by atoms with Gasteiger partial charge in [0.15, 0.2) is 0 Å². The summed E-state index contributed by atoms with van der Waals surface area (Å²) in [6, 6.07) is 5.83. The van der Waals surface area contributed by atoms with Crippen molar-refractivity contribution in [3.05, 3.63) is 35.6 Å². The van der Waals surface area contributed by atoms with Crippen LogP contribution in [-0.4, -0.2) is 36.5 Å². The molecule has 0 atom stereocenters. The Balaban J connectivity index is 2.64. The van der Waals surface area contributed by atoms with Gasteiger partial charge in [-0.2, -0.15) is 0 Å². The first kappa shape index (κ1) is 16.1. The van der Waals surface area contributed by atoms with E-state index in [9.17, 15) is 14.0 Å². The van der Waals surface area contributed by atoms with E-state index < -0.39 is 0 Å². The zero-order valence-corrected chi connectivity index (χ0v) is 12.1. The highest BCUT2D eigenvalue weighted by Crippen LogP contribution is 2.08. The van der Waals surface area contributed by atoms with Crippen molar-refractivity contribution in [2.45, 2.75) is 32.7 Å². The van der Waals surface area contributed by atoms with Crippen molar-refractivity contribution in [1.82, 2.24) is 4.90 Å². The first-order valence-electron chi connectivity index (χ1n) is 6.54. The Morgan fingerprint density at radius 1 is 1.25 bits per heavy atom. The van der Waals surface area contributed by atoms with E-state index in [1.807, 2.05) is 13.8 Å². The Hall–Kier alpha value is -1.91. The third kappa shape index (κ3) is 4.99. The van der Waals surface area contributed by atoms with Gasteiger partial charge >= 0.3 is 5.97 Å². The van der Waals surface area contributed by atoms with Gasteiger partial charge in [0.2, 0.25) is 5.91 Å². The Bertz CT molecular complexity index is 457. The number of methoxy groups -OCH3 is 1. The van der Waals surface area contributed by atoms with Gasteiger partial charge in [0.1, 0.15) is 5.82 Å². The number of ether oxygens (including phenoxy) is 1. The molecule has 0 fully saturated rings. The van der Waals surface area contributed by atoms with Gasteiger partial charge < -0.3 is 9.64 Å². The van der Waals surface area contributed by atoms with E-state index in [0.717, 1.165) is 5.56 Å². The lowest BCUT2D eigenvalue weighted by atomic mass is 10.1. The van der Waals surface area contributed by atoms with Crippen molar-refractivity contribution in [2.24, 2.45) is 0 Å². The summed E-state index contributed by atoms with van der Waals surface area (Å²) in [4.78, 5) is 25.0. The van der Waals surface area contributed by atoms with E-state index in [2.05, 4.69) is 4.74 Å². The number of esters is 1. The average Bonchev–Trinajstić information content (AvgIpc) is 2.41. The summed E-state index contributed by atoms with van der Waals surface area (Å²) in [6.45, 7) is 4.10. The minimum absolute atomic E-state index is 0.00685. The van der Waals surface area contributed by atoms with Crippen molar-refractivity contribution in [1.29, 1.82) is 0 Å². The maximum Gasteiger partial charge on any atom is 0.307 e. The highest BCUT2D eigenvalue weighted by molar-refractivity contribution is 5.79. The maximum atomic E-state index is 12.8. The van der Waals surface area contributed by atoms with Crippen molar-refractivity contribution in [2.75, 3.05) is 13.7 Å². The van der Waals surface area contributed by atoms with Crippen LogP contribution >= 0.6 is 0 Å². The normalized spacial score (nSPS) is 10.4. The number of hydrogen-bond acceptors (Lipinski definition) is 3. The van der Waals surface area contributed by atoms with Gasteiger partial charge in [-0.3, -0.25) is 9.59 Å². The van der Waals surface area contributed by atoms with E-state index in [4.69, 9.17) is 0 Å². The number of nitrogens with zero attached hydrogens (tertiary/aromatic N) is 1. The Kier molecular flexibility index (Phi) is 6.15. The van der Waals surface area contributed by atoms with Gasteiger partial charge in [-0.15, -0.1) is 0 Å². The number of rotatable bonds is 6. The molecule has 0 radical (unpaired) electrons. The van der Waals surface area contributed by atoms with Crippen LogP contribution in [0.15, 0.2) is 24.3 Å². The number of benzene rings is 1. The SMILES string of the molecule is COC(=O)CCN(C(=O)Cc1ccc(F)cc1)C(C)C. The molecule has 1 rings (SSSR count). The highest BCUT2D eigenvalue weighted by atomic mass is 19.1. The first-order valence-corrected chi connectivity index (χ1v) is 6.54. The topological polar surface area (TPSA) is 46.6 Å². The van der Waals surface area contributed by atoms with Gasteiger partial charge in [-0.05, 0) is 31.5 Å². The molecular weight excluding hydrogens is 261 g/mol. The van der Waals surface area contributed by atoms with Crippen LogP contribution in [0.2, 0.25) is 0 Å². The molecule has 0 saturated heterocycles. The lowest BCUT2D eigenvalue weighted by Gasteiger charge is -2.26. The minimum atomic E-state index is -0.342. The van der Waals surface area contributed by atoms with Crippen LogP contribution < -0.4 is 0 Å². The van der Waals surface area contributed by atoms with Crippen molar-refractivity contribution in [3.63, 3.8) is 0 Å². The Morgan fingerprint density at radius 2 is 1.85 bits per heavy atom. The number of halogens is 1. The quantitative estimate of drug-likeness (QED) is 0.751. The van der Waals surface area contributed by atoms with Crippen LogP contribution in [0.25, 0.3) is 0 Å². The van der Waals surface area contributed by atoms with E-state index in [-0.39, 0.29) is 36.6 Å². The van der Waals surface area contributed by atoms with Crippen molar-refractivity contribution >= 4 is 11.9 Å². The molecule has 0 heterocycles. The molecule has 1 aromatic carbocycles. The zero-order valence-electron chi connectivity index (χ0n) is 12.1. The standard InChI is InChI=1S/C15H20FNO3/c1-11(2)17(9-8-15(19)20-3)14(18)10-12-4-6-13(16)7-5-12/h4-7,11H,8-10H2,1-3H3. The lowest BCUT2D eigenvalue weighted by Crippen LogP contribution is -2.39. The molecule has 4 nitrogen and oxygen atoms in total. The fourth-order valence-electron chi connectivity index (χ4n) is 1.86. The van der Waals surface area contributed by atoms with Crippen molar-refractivity contribution in [3.8, 4) is 0 Å². The fraction of sp³-hybridized carbons (Fsp3) is 0.467. The summed E-state index contributed by atoms with van der Waals surface area (Å²) in [5, 5.41) is 0. The number of amides is 1. The van der Waals surface area contributed by atoms with Gasteiger partial charge in [0, 0.05) is 12.6 Å². The molecule has 0 aliphatic rings. The predicted molar refractivity (Wildman–Crippen MR) is 73.6 cm³/mol. The van der Waals surface area contributed by atoms with E-state index in [1.165, 1.54) is 19.2 Å². The monoisotopic (exact) mass is 281 g/mol. The number of carbonyl (C=O) groups is 2. The third-order valence-electron chi connectivity index (χ3n) is 3.00. The average molecular weight is 281 g/mol. The predicted octanol–water partition coefficient (Wildman–Crippen LogP) is 2.17. The summed E-state index contributed by atoms with van der Waals surface area (Å²) in [5.41, 5.74) is 0.750. The molecule has 1 aromatic rings. The van der Waals surface area contributed by atoms with Gasteiger partial charge in [-0.1, -0.05) is 12.1 Å². The van der Waals surface area contributed by atoms with Crippen LogP contribution in [-0.2, 0) is 20.7 Å². The molecule has 20 heavy (non-hydrogen) atoms. The smallest absolute Gasteiger partial charge is 0.307 e.